The van der Waals surface area contributed by atoms with Gasteiger partial charge in [0.1, 0.15) is 5.82 Å². The van der Waals surface area contributed by atoms with Gasteiger partial charge in [-0.3, -0.25) is 4.98 Å². The van der Waals surface area contributed by atoms with E-state index in [1.54, 1.807) is 18.3 Å². The predicted molar refractivity (Wildman–Crippen MR) is 61.0 cm³/mol. The van der Waals surface area contributed by atoms with Crippen molar-refractivity contribution in [3.8, 4) is 11.3 Å². The molecule has 0 atom stereocenters. The van der Waals surface area contributed by atoms with E-state index in [-0.39, 0.29) is 5.82 Å². The van der Waals surface area contributed by atoms with Crippen molar-refractivity contribution in [1.29, 1.82) is 0 Å². The number of nitrogens with zero attached hydrogens (tertiary/aromatic N) is 1. The van der Waals surface area contributed by atoms with Crippen molar-refractivity contribution in [3.05, 3.63) is 54.5 Å². The van der Waals surface area contributed by atoms with Crippen molar-refractivity contribution in [1.82, 2.24) is 4.98 Å². The fourth-order valence-electron chi connectivity index (χ4n) is 1.15. The average molecular weight is 203 g/mol. The SMILES string of the molecule is CC.Fc1ccc(-c2ccccn2)cc1. The highest BCUT2D eigenvalue weighted by Crippen LogP contribution is 2.15. The minimum Gasteiger partial charge on any atom is -0.256 e. The number of aromatic nitrogens is 1. The normalized spacial score (nSPS) is 9.00. The molecule has 0 unspecified atom stereocenters. The van der Waals surface area contributed by atoms with E-state index in [2.05, 4.69) is 4.98 Å². The van der Waals surface area contributed by atoms with Crippen LogP contribution in [0, 0.1) is 5.82 Å². The zero-order valence-corrected chi connectivity index (χ0v) is 8.94. The van der Waals surface area contributed by atoms with Gasteiger partial charge in [0, 0.05) is 11.8 Å². The van der Waals surface area contributed by atoms with Gasteiger partial charge in [0.05, 0.1) is 5.69 Å². The third kappa shape index (κ3) is 3.17. The van der Waals surface area contributed by atoms with Crippen LogP contribution in [0.5, 0.6) is 0 Å². The molecule has 0 N–H and O–H groups in total. The number of hydrogen-bond acceptors (Lipinski definition) is 1. The molecule has 1 aromatic heterocycles. The first kappa shape index (κ1) is 11.4. The van der Waals surface area contributed by atoms with Gasteiger partial charge in [0.25, 0.3) is 0 Å². The van der Waals surface area contributed by atoms with Gasteiger partial charge in [0.2, 0.25) is 0 Å². The lowest BCUT2D eigenvalue weighted by molar-refractivity contribution is 0.628. The van der Waals surface area contributed by atoms with Crippen LogP contribution in [0.1, 0.15) is 13.8 Å². The molecule has 0 spiro atoms. The highest BCUT2D eigenvalue weighted by atomic mass is 19.1. The number of pyridine rings is 1. The Balaban J connectivity index is 0.000000531. The van der Waals surface area contributed by atoms with Crippen molar-refractivity contribution < 1.29 is 4.39 Å². The van der Waals surface area contributed by atoms with Crippen molar-refractivity contribution in [2.24, 2.45) is 0 Å². The maximum absolute atomic E-state index is 12.6. The molecule has 15 heavy (non-hydrogen) atoms. The number of benzene rings is 1. The first-order chi connectivity index (χ1) is 7.36. The summed E-state index contributed by atoms with van der Waals surface area (Å²) in [5.41, 5.74) is 1.80. The fourth-order valence-corrected chi connectivity index (χ4v) is 1.15. The molecule has 0 saturated heterocycles. The summed E-state index contributed by atoms with van der Waals surface area (Å²) >= 11 is 0. The molecule has 0 bridgehead atoms. The minimum atomic E-state index is -0.223. The lowest BCUT2D eigenvalue weighted by Gasteiger charge is -1.98. The van der Waals surface area contributed by atoms with E-state index in [1.807, 2.05) is 32.0 Å². The molecular formula is C13H14FN. The molecule has 1 heterocycles. The van der Waals surface area contributed by atoms with Gasteiger partial charge in [-0.25, -0.2) is 4.39 Å². The van der Waals surface area contributed by atoms with Crippen LogP contribution in [-0.4, -0.2) is 4.98 Å². The summed E-state index contributed by atoms with van der Waals surface area (Å²) < 4.78 is 12.6. The second kappa shape index (κ2) is 5.91. The van der Waals surface area contributed by atoms with Gasteiger partial charge in [-0.1, -0.05) is 19.9 Å². The summed E-state index contributed by atoms with van der Waals surface area (Å²) in [6, 6.07) is 12.0. The molecule has 2 heteroatoms. The van der Waals surface area contributed by atoms with E-state index >= 15 is 0 Å². The molecular weight excluding hydrogens is 189 g/mol. The zero-order valence-electron chi connectivity index (χ0n) is 8.94. The largest absolute Gasteiger partial charge is 0.256 e. The van der Waals surface area contributed by atoms with E-state index in [1.165, 1.54) is 12.1 Å². The second-order valence-corrected chi connectivity index (χ2v) is 2.72. The molecule has 0 aliphatic heterocycles. The quantitative estimate of drug-likeness (QED) is 0.684. The van der Waals surface area contributed by atoms with Gasteiger partial charge in [-0.15, -0.1) is 0 Å². The van der Waals surface area contributed by atoms with Crippen molar-refractivity contribution in [2.45, 2.75) is 13.8 Å². The maximum atomic E-state index is 12.6. The summed E-state index contributed by atoms with van der Waals surface area (Å²) in [5, 5.41) is 0. The molecule has 0 amide bonds. The molecule has 0 radical (unpaired) electrons. The standard InChI is InChI=1S/C11H8FN.C2H6/c12-10-6-4-9(5-7-10)11-3-1-2-8-13-11;1-2/h1-8H;1-2H3. The van der Waals surface area contributed by atoms with Crippen LogP contribution in [0.15, 0.2) is 48.7 Å². The summed E-state index contributed by atoms with van der Waals surface area (Å²) in [4.78, 5) is 4.16. The molecule has 0 aliphatic carbocycles. The lowest BCUT2D eigenvalue weighted by Crippen LogP contribution is -1.81. The average Bonchev–Trinajstić information content (AvgIpc) is 2.34. The molecule has 1 aromatic carbocycles. The minimum absolute atomic E-state index is 0.223. The van der Waals surface area contributed by atoms with Crippen molar-refractivity contribution >= 4 is 0 Å². The predicted octanol–water partition coefficient (Wildman–Crippen LogP) is 3.91. The van der Waals surface area contributed by atoms with Crippen LogP contribution in [-0.2, 0) is 0 Å². The van der Waals surface area contributed by atoms with Crippen LogP contribution < -0.4 is 0 Å². The highest BCUT2D eigenvalue weighted by Gasteiger charge is 1.96. The van der Waals surface area contributed by atoms with Crippen molar-refractivity contribution in [3.63, 3.8) is 0 Å². The number of halogens is 1. The van der Waals surface area contributed by atoms with Crippen LogP contribution in [0.25, 0.3) is 11.3 Å². The van der Waals surface area contributed by atoms with E-state index in [4.69, 9.17) is 0 Å². The fraction of sp³-hybridized carbons (Fsp3) is 0.154. The van der Waals surface area contributed by atoms with Gasteiger partial charge in [-0.05, 0) is 36.4 Å². The summed E-state index contributed by atoms with van der Waals surface area (Å²) in [5.74, 6) is -0.223. The van der Waals surface area contributed by atoms with Gasteiger partial charge < -0.3 is 0 Å². The summed E-state index contributed by atoms with van der Waals surface area (Å²) in [6.45, 7) is 4.00. The Morgan fingerprint density at radius 2 is 1.60 bits per heavy atom. The summed E-state index contributed by atoms with van der Waals surface area (Å²) in [7, 11) is 0. The second-order valence-electron chi connectivity index (χ2n) is 2.72. The van der Waals surface area contributed by atoms with Crippen LogP contribution >= 0.6 is 0 Å². The van der Waals surface area contributed by atoms with E-state index < -0.39 is 0 Å². The number of hydrogen-bond donors (Lipinski definition) is 0. The van der Waals surface area contributed by atoms with Gasteiger partial charge >= 0.3 is 0 Å². The van der Waals surface area contributed by atoms with Gasteiger partial charge in [0.15, 0.2) is 0 Å². The third-order valence-corrected chi connectivity index (χ3v) is 1.80. The smallest absolute Gasteiger partial charge is 0.123 e. The first-order valence-electron chi connectivity index (χ1n) is 5.03. The molecule has 2 rings (SSSR count). The Kier molecular flexibility index (Phi) is 4.48. The maximum Gasteiger partial charge on any atom is 0.123 e. The van der Waals surface area contributed by atoms with Crippen molar-refractivity contribution in [2.75, 3.05) is 0 Å². The van der Waals surface area contributed by atoms with Crippen LogP contribution in [0.2, 0.25) is 0 Å². The third-order valence-electron chi connectivity index (χ3n) is 1.80. The van der Waals surface area contributed by atoms with E-state index in [0.717, 1.165) is 11.3 Å². The molecule has 2 aromatic rings. The number of rotatable bonds is 1. The highest BCUT2D eigenvalue weighted by molar-refractivity contribution is 5.58. The first-order valence-corrected chi connectivity index (χ1v) is 5.03. The zero-order chi connectivity index (χ0) is 11.1. The Morgan fingerprint density at radius 3 is 2.13 bits per heavy atom. The van der Waals surface area contributed by atoms with Crippen LogP contribution in [0.3, 0.4) is 0 Å². The monoisotopic (exact) mass is 203 g/mol. The Labute approximate surface area is 89.6 Å². The lowest BCUT2D eigenvalue weighted by atomic mass is 10.1. The van der Waals surface area contributed by atoms with Gasteiger partial charge in [-0.2, -0.15) is 0 Å². The molecule has 0 saturated carbocycles. The summed E-state index contributed by atoms with van der Waals surface area (Å²) in [6.07, 6.45) is 1.72. The Hall–Kier alpha value is -1.70. The Bertz CT molecular complexity index is 381. The van der Waals surface area contributed by atoms with E-state index in [9.17, 15) is 4.39 Å². The Morgan fingerprint density at radius 1 is 0.933 bits per heavy atom. The molecule has 1 nitrogen and oxygen atoms in total. The molecule has 0 fully saturated rings. The van der Waals surface area contributed by atoms with E-state index in [0.29, 0.717) is 0 Å². The van der Waals surface area contributed by atoms with Crippen LogP contribution in [0.4, 0.5) is 4.39 Å². The topological polar surface area (TPSA) is 12.9 Å². The molecule has 0 aliphatic rings. The molecule has 78 valence electrons.